The van der Waals surface area contributed by atoms with E-state index in [9.17, 15) is 35.3 Å². The zero-order chi connectivity index (χ0) is 26.6. The predicted molar refractivity (Wildman–Crippen MR) is 129 cm³/mol. The van der Waals surface area contributed by atoms with Crippen LogP contribution in [0.2, 0.25) is 10.0 Å². The van der Waals surface area contributed by atoms with Crippen LogP contribution < -0.4 is 5.32 Å². The van der Waals surface area contributed by atoms with E-state index in [2.05, 4.69) is 21.2 Å². The van der Waals surface area contributed by atoms with Crippen molar-refractivity contribution in [1.82, 2.24) is 5.32 Å². The van der Waals surface area contributed by atoms with Gasteiger partial charge in [0.1, 0.15) is 5.75 Å². The van der Waals surface area contributed by atoms with Crippen molar-refractivity contribution in [3.8, 4) is 0 Å². The first-order valence-electron chi connectivity index (χ1n) is 9.79. The molecule has 2 unspecified atom stereocenters. The molecule has 192 valence electrons. The number of rotatable bonds is 8. The number of nitrogens with one attached hydrogen (secondary N) is 1. The predicted octanol–water partition coefficient (Wildman–Crippen LogP) is 7.54. The number of halogens is 9. The molecule has 0 aliphatic rings. The number of carbonyl (C=O) groups is 1. The lowest BCUT2D eigenvalue weighted by Gasteiger charge is -2.18. The average molecular weight is 625 g/mol. The first-order valence-corrected chi connectivity index (χ1v) is 12.8. The van der Waals surface area contributed by atoms with E-state index in [4.69, 9.17) is 23.2 Å². The third-order valence-corrected chi connectivity index (χ3v) is 7.43. The highest BCUT2D eigenvalue weighted by atomic mass is 79.9. The number of carbonyl (C=O) groups excluding carboxylic acids is 1. The van der Waals surface area contributed by atoms with Crippen molar-refractivity contribution in [2.45, 2.75) is 31.2 Å². The van der Waals surface area contributed by atoms with Crippen molar-refractivity contribution in [2.75, 3.05) is 11.5 Å². The zero-order valence-corrected chi connectivity index (χ0v) is 21.7. The maximum Gasteiger partial charge on any atom is 0.400 e. The van der Waals surface area contributed by atoms with Gasteiger partial charge >= 0.3 is 12.4 Å². The molecule has 35 heavy (non-hydrogen) atoms. The molecule has 0 saturated carbocycles. The number of amides is 1. The van der Waals surface area contributed by atoms with E-state index >= 15 is 0 Å². The molecule has 1 N–H and O–H groups in total. The summed E-state index contributed by atoms with van der Waals surface area (Å²) in [6.07, 6.45) is -7.01. The summed E-state index contributed by atoms with van der Waals surface area (Å²) < 4.78 is 89.6. The summed E-state index contributed by atoms with van der Waals surface area (Å²) in [6, 6.07) is 7.00. The van der Waals surface area contributed by atoms with Crippen molar-refractivity contribution in [1.29, 1.82) is 0 Å². The Labute approximate surface area is 218 Å². The lowest BCUT2D eigenvalue weighted by Crippen LogP contribution is -2.38. The molecular formula is C22H18BrCl2F6NO2S. The van der Waals surface area contributed by atoms with Crippen LogP contribution in [0.15, 0.2) is 46.9 Å². The molecule has 0 radical (unpaired) electrons. The lowest BCUT2D eigenvalue weighted by atomic mass is 9.97. The van der Waals surface area contributed by atoms with Gasteiger partial charge in [0.25, 0.3) is 5.91 Å². The molecule has 0 aliphatic carbocycles. The maximum atomic E-state index is 13.6. The highest BCUT2D eigenvalue weighted by molar-refractivity contribution is 9.10. The van der Waals surface area contributed by atoms with Crippen LogP contribution in [-0.2, 0) is 10.8 Å². The van der Waals surface area contributed by atoms with Crippen molar-refractivity contribution in [3.05, 3.63) is 73.7 Å². The Morgan fingerprint density at radius 1 is 1.09 bits per heavy atom. The molecule has 0 spiro atoms. The Morgan fingerprint density at radius 3 is 2.29 bits per heavy atom. The summed E-state index contributed by atoms with van der Waals surface area (Å²) in [5.41, 5.74) is 0.352. The van der Waals surface area contributed by atoms with E-state index in [-0.39, 0.29) is 25.6 Å². The largest absolute Gasteiger partial charge is 0.400 e. The van der Waals surface area contributed by atoms with E-state index in [1.54, 1.807) is 0 Å². The van der Waals surface area contributed by atoms with Crippen LogP contribution in [0.25, 0.3) is 6.08 Å². The fourth-order valence-electron chi connectivity index (χ4n) is 3.01. The van der Waals surface area contributed by atoms with Gasteiger partial charge in [-0.05, 0) is 58.2 Å². The highest BCUT2D eigenvalue weighted by Crippen LogP contribution is 2.38. The molecule has 2 rings (SSSR count). The standard InChI is InChI=1S/C22H18BrCl2F6NO2S/c1-12(10-35(34)11-21(26,27)28)32-20(33)15-5-2-13(8-17(15)23)3-6-16(22(29,30)31)14-4-7-18(24)19(25)9-14/h2-9,12,16H,10-11H2,1H3,(H,32,33)/b6-3+/t12-,16?,35?/m1/s1. The van der Waals surface area contributed by atoms with Gasteiger partial charge in [0.2, 0.25) is 0 Å². The smallest absolute Gasteiger partial charge is 0.349 e. The molecule has 1 amide bonds. The fourth-order valence-corrected chi connectivity index (χ4v) is 5.01. The molecule has 3 atom stereocenters. The minimum absolute atomic E-state index is 0.0126. The molecule has 2 aromatic rings. The molecule has 0 fully saturated rings. The topological polar surface area (TPSA) is 46.2 Å². The first-order chi connectivity index (χ1) is 16.1. The summed E-state index contributed by atoms with van der Waals surface area (Å²) in [7, 11) is -2.20. The second kappa shape index (κ2) is 12.1. The van der Waals surface area contributed by atoms with Gasteiger partial charge in [-0.15, -0.1) is 0 Å². The number of allylic oxidation sites excluding steroid dienone is 1. The molecular weight excluding hydrogens is 607 g/mol. The van der Waals surface area contributed by atoms with Crippen molar-refractivity contribution in [2.24, 2.45) is 0 Å². The Balaban J connectivity index is 2.14. The van der Waals surface area contributed by atoms with E-state index in [0.717, 1.165) is 12.1 Å². The first kappa shape index (κ1) is 29.7. The van der Waals surface area contributed by atoms with Gasteiger partial charge in [-0.2, -0.15) is 26.3 Å². The molecule has 2 aromatic carbocycles. The van der Waals surface area contributed by atoms with Crippen LogP contribution in [0.3, 0.4) is 0 Å². The third-order valence-electron chi connectivity index (χ3n) is 4.51. The zero-order valence-electron chi connectivity index (χ0n) is 17.8. The van der Waals surface area contributed by atoms with Gasteiger partial charge in [-0.1, -0.05) is 47.5 Å². The van der Waals surface area contributed by atoms with Gasteiger partial charge < -0.3 is 5.32 Å². The molecule has 0 saturated heterocycles. The average Bonchev–Trinajstić information content (AvgIpc) is 2.68. The second-order valence-electron chi connectivity index (χ2n) is 7.53. The fraction of sp³-hybridized carbons (Fsp3) is 0.318. The van der Waals surface area contributed by atoms with Gasteiger partial charge in [-0.3, -0.25) is 9.00 Å². The minimum Gasteiger partial charge on any atom is -0.349 e. The summed E-state index contributed by atoms with van der Waals surface area (Å²) in [6.45, 7) is 1.41. The van der Waals surface area contributed by atoms with Gasteiger partial charge in [0.05, 0.1) is 21.5 Å². The number of hydrogen-bond donors (Lipinski definition) is 1. The van der Waals surface area contributed by atoms with Crippen LogP contribution >= 0.6 is 39.1 Å². The normalized spacial score (nSPS) is 15.1. The monoisotopic (exact) mass is 623 g/mol. The minimum atomic E-state index is -4.60. The Bertz CT molecular complexity index is 1120. The van der Waals surface area contributed by atoms with Crippen LogP contribution in [0.1, 0.15) is 34.3 Å². The van der Waals surface area contributed by atoms with Crippen LogP contribution in [0.5, 0.6) is 0 Å². The summed E-state index contributed by atoms with van der Waals surface area (Å²) in [5, 5.41) is 2.57. The van der Waals surface area contributed by atoms with Gasteiger partial charge in [0.15, 0.2) is 0 Å². The molecule has 0 heterocycles. The van der Waals surface area contributed by atoms with Gasteiger partial charge in [-0.25, -0.2) is 0 Å². The Kier molecular flexibility index (Phi) is 10.3. The van der Waals surface area contributed by atoms with E-state index in [1.165, 1.54) is 43.3 Å². The van der Waals surface area contributed by atoms with E-state index in [0.29, 0.717) is 5.56 Å². The summed E-state index contributed by atoms with van der Waals surface area (Å²) >= 11 is 14.8. The maximum absolute atomic E-state index is 13.6. The molecule has 0 bridgehead atoms. The van der Waals surface area contributed by atoms with Crippen molar-refractivity contribution in [3.63, 3.8) is 0 Å². The summed E-state index contributed by atoms with van der Waals surface area (Å²) in [5.74, 6) is -4.47. The summed E-state index contributed by atoms with van der Waals surface area (Å²) in [4.78, 5) is 12.4. The van der Waals surface area contributed by atoms with E-state index < -0.39 is 52.5 Å². The Morgan fingerprint density at radius 2 is 1.74 bits per heavy atom. The van der Waals surface area contributed by atoms with Crippen LogP contribution in [0, 0.1) is 0 Å². The third kappa shape index (κ3) is 9.44. The van der Waals surface area contributed by atoms with Crippen molar-refractivity contribution >= 4 is 61.9 Å². The molecule has 0 aliphatic heterocycles. The second-order valence-corrected chi connectivity index (χ2v) is 10.7. The molecule has 13 heteroatoms. The quantitative estimate of drug-likeness (QED) is 0.308. The molecule has 0 aromatic heterocycles. The van der Waals surface area contributed by atoms with Crippen molar-refractivity contribution < 1.29 is 35.3 Å². The van der Waals surface area contributed by atoms with Crippen LogP contribution in [0.4, 0.5) is 26.3 Å². The van der Waals surface area contributed by atoms with Gasteiger partial charge in [0, 0.05) is 27.1 Å². The number of benzene rings is 2. The number of alkyl halides is 6. The lowest BCUT2D eigenvalue weighted by molar-refractivity contribution is -0.139. The SMILES string of the molecule is C[C@H](CS(=O)CC(F)(F)F)NC(=O)c1ccc(/C=C/C(c2ccc(Cl)c(Cl)c2)C(F)(F)F)cc1Br. The van der Waals surface area contributed by atoms with Crippen LogP contribution in [-0.4, -0.2) is 40.0 Å². The number of hydrogen-bond acceptors (Lipinski definition) is 2. The Hall–Kier alpha value is -1.56. The highest BCUT2D eigenvalue weighted by Gasteiger charge is 2.39. The molecule has 3 nitrogen and oxygen atoms in total. The van der Waals surface area contributed by atoms with E-state index in [1.807, 2.05) is 0 Å².